The van der Waals surface area contributed by atoms with Crippen LogP contribution in [0.15, 0.2) is 0 Å². The van der Waals surface area contributed by atoms with Crippen molar-refractivity contribution in [3.63, 3.8) is 0 Å². The fourth-order valence-corrected chi connectivity index (χ4v) is 0.935. The number of nitrogens with zero attached hydrogens (tertiary/aromatic N) is 4. The van der Waals surface area contributed by atoms with Crippen molar-refractivity contribution < 1.29 is 4.74 Å². The number of rotatable bonds is 6. The molecule has 0 spiro atoms. The van der Waals surface area contributed by atoms with Gasteiger partial charge in [-0.05, 0) is 30.3 Å². The summed E-state index contributed by atoms with van der Waals surface area (Å²) in [5, 5.41) is 11.2. The highest BCUT2D eigenvalue weighted by molar-refractivity contribution is 4.76. The largest absolute Gasteiger partial charge is 0.374 e. The molecular formula is C7H15N5O. The van der Waals surface area contributed by atoms with Gasteiger partial charge in [-0.25, -0.2) is 4.68 Å². The van der Waals surface area contributed by atoms with Gasteiger partial charge in [0.1, 0.15) is 6.61 Å². The molecule has 0 saturated carbocycles. The summed E-state index contributed by atoms with van der Waals surface area (Å²) in [5.74, 6) is 0.760. The highest BCUT2D eigenvalue weighted by Gasteiger charge is 2.04. The maximum atomic E-state index is 5.38. The van der Waals surface area contributed by atoms with Gasteiger partial charge in [-0.2, -0.15) is 0 Å². The van der Waals surface area contributed by atoms with Crippen LogP contribution >= 0.6 is 0 Å². The maximum absolute atomic E-state index is 5.38. The van der Waals surface area contributed by atoms with Gasteiger partial charge in [0, 0.05) is 13.2 Å². The normalized spacial score (nSPS) is 10.6. The number of nitrogens with two attached hydrogens (primary N) is 1. The van der Waals surface area contributed by atoms with E-state index in [1.165, 1.54) is 0 Å². The quantitative estimate of drug-likeness (QED) is 0.650. The van der Waals surface area contributed by atoms with Gasteiger partial charge in [-0.15, -0.1) is 5.10 Å². The van der Waals surface area contributed by atoms with Gasteiger partial charge in [0.05, 0.1) is 0 Å². The molecule has 0 radical (unpaired) electrons. The van der Waals surface area contributed by atoms with Gasteiger partial charge in [0.15, 0.2) is 5.82 Å². The maximum Gasteiger partial charge on any atom is 0.177 e. The fourth-order valence-electron chi connectivity index (χ4n) is 0.935. The van der Waals surface area contributed by atoms with Crippen molar-refractivity contribution in [2.24, 2.45) is 5.73 Å². The fraction of sp³-hybridized carbons (Fsp3) is 0.857. The van der Waals surface area contributed by atoms with Gasteiger partial charge < -0.3 is 10.5 Å². The number of tetrazole rings is 1. The van der Waals surface area contributed by atoms with Crippen molar-refractivity contribution >= 4 is 0 Å². The Hall–Kier alpha value is -1.01. The summed E-state index contributed by atoms with van der Waals surface area (Å²) in [7, 11) is 0. The van der Waals surface area contributed by atoms with Crippen LogP contribution in [0.25, 0.3) is 0 Å². The van der Waals surface area contributed by atoms with Crippen molar-refractivity contribution in [1.82, 2.24) is 20.2 Å². The van der Waals surface area contributed by atoms with Gasteiger partial charge in [-0.3, -0.25) is 0 Å². The van der Waals surface area contributed by atoms with E-state index in [0.717, 1.165) is 18.8 Å². The van der Waals surface area contributed by atoms with Crippen molar-refractivity contribution in [3.8, 4) is 0 Å². The Morgan fingerprint density at radius 3 is 3.08 bits per heavy atom. The molecule has 0 atom stereocenters. The minimum atomic E-state index is 0.466. The first kappa shape index (κ1) is 10.1. The molecule has 1 aromatic heterocycles. The van der Waals surface area contributed by atoms with Gasteiger partial charge in [0.25, 0.3) is 0 Å². The number of hydrogen-bond acceptors (Lipinski definition) is 5. The molecule has 0 aliphatic heterocycles. The van der Waals surface area contributed by atoms with Crippen LogP contribution in [0.4, 0.5) is 0 Å². The highest BCUT2D eigenvalue weighted by atomic mass is 16.5. The molecule has 1 heterocycles. The zero-order valence-corrected chi connectivity index (χ0v) is 7.81. The van der Waals surface area contributed by atoms with E-state index >= 15 is 0 Å². The molecule has 0 fully saturated rings. The van der Waals surface area contributed by atoms with Gasteiger partial charge in [0.2, 0.25) is 0 Å². The first-order valence-electron chi connectivity index (χ1n) is 4.41. The summed E-state index contributed by atoms with van der Waals surface area (Å²) in [6.45, 7) is 4.48. The minimum absolute atomic E-state index is 0.466. The van der Waals surface area contributed by atoms with Crippen LogP contribution in [0.1, 0.15) is 19.2 Å². The Balaban J connectivity index is 2.45. The third kappa shape index (κ3) is 3.08. The minimum Gasteiger partial charge on any atom is -0.374 e. The van der Waals surface area contributed by atoms with Crippen LogP contribution < -0.4 is 5.73 Å². The zero-order chi connectivity index (χ0) is 9.52. The Morgan fingerprint density at radius 1 is 1.54 bits per heavy atom. The van der Waals surface area contributed by atoms with Crippen molar-refractivity contribution in [2.45, 2.75) is 26.5 Å². The topological polar surface area (TPSA) is 78.9 Å². The summed E-state index contributed by atoms with van der Waals surface area (Å²) in [5.41, 5.74) is 5.38. The number of aryl methyl sites for hydroxylation is 1. The SMILES string of the molecule is CCOCc1nnnn1CCCN. The van der Waals surface area contributed by atoms with Crippen molar-refractivity contribution in [3.05, 3.63) is 5.82 Å². The van der Waals surface area contributed by atoms with Crippen LogP contribution in [0.2, 0.25) is 0 Å². The van der Waals surface area contributed by atoms with E-state index in [4.69, 9.17) is 10.5 Å². The van der Waals surface area contributed by atoms with Gasteiger partial charge >= 0.3 is 0 Å². The Kier molecular flexibility index (Phi) is 4.34. The molecule has 6 heteroatoms. The van der Waals surface area contributed by atoms with E-state index in [2.05, 4.69) is 15.5 Å². The summed E-state index contributed by atoms with van der Waals surface area (Å²) >= 11 is 0. The molecule has 1 aromatic rings. The summed E-state index contributed by atoms with van der Waals surface area (Å²) in [6, 6.07) is 0. The molecule has 13 heavy (non-hydrogen) atoms. The molecule has 0 aliphatic rings. The predicted molar refractivity (Wildman–Crippen MR) is 46.8 cm³/mol. The van der Waals surface area contributed by atoms with E-state index in [-0.39, 0.29) is 0 Å². The van der Waals surface area contributed by atoms with E-state index in [9.17, 15) is 0 Å². The molecule has 1 rings (SSSR count). The zero-order valence-electron chi connectivity index (χ0n) is 7.81. The Labute approximate surface area is 77.1 Å². The van der Waals surface area contributed by atoms with Crippen LogP contribution in [0.5, 0.6) is 0 Å². The van der Waals surface area contributed by atoms with Crippen LogP contribution in [0, 0.1) is 0 Å². The van der Waals surface area contributed by atoms with Crippen LogP contribution in [-0.2, 0) is 17.9 Å². The molecule has 74 valence electrons. The Bertz CT molecular complexity index is 214. The second-order valence-corrected chi connectivity index (χ2v) is 2.60. The lowest BCUT2D eigenvalue weighted by Crippen LogP contribution is -2.11. The van der Waals surface area contributed by atoms with Crippen LogP contribution in [0.3, 0.4) is 0 Å². The monoisotopic (exact) mass is 185 g/mol. The summed E-state index contributed by atoms with van der Waals surface area (Å²) in [4.78, 5) is 0. The van der Waals surface area contributed by atoms with E-state index in [1.807, 2.05) is 6.92 Å². The lowest BCUT2D eigenvalue weighted by Gasteiger charge is -2.02. The number of ether oxygens (including phenoxy) is 1. The third-order valence-electron chi connectivity index (χ3n) is 1.62. The molecule has 0 amide bonds. The van der Waals surface area contributed by atoms with E-state index in [0.29, 0.717) is 19.8 Å². The molecule has 0 unspecified atom stereocenters. The Morgan fingerprint density at radius 2 is 2.38 bits per heavy atom. The van der Waals surface area contributed by atoms with Crippen molar-refractivity contribution in [2.75, 3.05) is 13.2 Å². The van der Waals surface area contributed by atoms with Gasteiger partial charge in [-0.1, -0.05) is 0 Å². The molecule has 6 nitrogen and oxygen atoms in total. The third-order valence-corrected chi connectivity index (χ3v) is 1.62. The molecule has 0 saturated heterocycles. The number of hydrogen-bond donors (Lipinski definition) is 1. The number of aromatic nitrogens is 4. The molecule has 0 aliphatic carbocycles. The molecule has 0 aromatic carbocycles. The highest BCUT2D eigenvalue weighted by Crippen LogP contribution is 1.96. The predicted octanol–water partition coefficient (Wildman–Crippen LogP) is -0.442. The second-order valence-electron chi connectivity index (χ2n) is 2.60. The molecule has 2 N–H and O–H groups in total. The molecular weight excluding hydrogens is 170 g/mol. The van der Waals surface area contributed by atoms with E-state index < -0.39 is 0 Å². The average Bonchev–Trinajstić information content (AvgIpc) is 2.59. The van der Waals surface area contributed by atoms with Crippen LogP contribution in [-0.4, -0.2) is 33.4 Å². The van der Waals surface area contributed by atoms with Crippen molar-refractivity contribution in [1.29, 1.82) is 0 Å². The lowest BCUT2D eigenvalue weighted by molar-refractivity contribution is 0.124. The standard InChI is InChI=1S/C7H15N5O/c1-2-13-6-7-9-10-11-12(7)5-3-4-8/h2-6,8H2,1H3. The molecule has 0 bridgehead atoms. The summed E-state index contributed by atoms with van der Waals surface area (Å²) in [6.07, 6.45) is 0.879. The second kappa shape index (κ2) is 5.60. The lowest BCUT2D eigenvalue weighted by atomic mass is 10.4. The smallest absolute Gasteiger partial charge is 0.177 e. The van der Waals surface area contributed by atoms with E-state index in [1.54, 1.807) is 4.68 Å². The average molecular weight is 185 g/mol. The first-order valence-corrected chi connectivity index (χ1v) is 4.41. The summed E-state index contributed by atoms with van der Waals surface area (Å²) < 4.78 is 6.93. The first-order chi connectivity index (χ1) is 6.38.